The molecule has 0 atom stereocenters. The SMILES string of the molecule is COc1ccc(C(=O)Nc2nc(C)c(C(=O)N/N=C3\SCC(=O)N3c3ccccc3)s2)cc1. The quantitative estimate of drug-likeness (QED) is 0.521. The van der Waals surface area contributed by atoms with Crippen molar-refractivity contribution < 1.29 is 19.1 Å². The standard InChI is InChI=1S/C22H19N5O4S2/c1-13-18(33-21(23-13)24-19(29)14-8-10-16(31-2)11-9-14)20(30)25-26-22-27(17(28)12-32-22)15-6-4-3-5-7-15/h3-11H,12H2,1-2H3,(H,25,30)(H,23,24,29)/b26-22-. The van der Waals surface area contributed by atoms with E-state index in [1.165, 1.54) is 16.7 Å². The summed E-state index contributed by atoms with van der Waals surface area (Å²) in [6, 6.07) is 15.7. The lowest BCUT2D eigenvalue weighted by Crippen LogP contribution is -2.31. The maximum Gasteiger partial charge on any atom is 0.283 e. The number of thiazole rings is 1. The highest BCUT2D eigenvalue weighted by Crippen LogP contribution is 2.27. The van der Waals surface area contributed by atoms with Crippen molar-refractivity contribution >= 4 is 56.8 Å². The van der Waals surface area contributed by atoms with Gasteiger partial charge in [-0.05, 0) is 43.3 Å². The van der Waals surface area contributed by atoms with Crippen LogP contribution in [0.2, 0.25) is 0 Å². The van der Waals surface area contributed by atoms with Crippen molar-refractivity contribution in [1.82, 2.24) is 10.4 Å². The number of para-hydroxylation sites is 1. The van der Waals surface area contributed by atoms with Crippen LogP contribution in [0.5, 0.6) is 5.75 Å². The number of aryl methyl sites for hydroxylation is 1. The van der Waals surface area contributed by atoms with Crippen molar-refractivity contribution in [1.29, 1.82) is 0 Å². The van der Waals surface area contributed by atoms with Crippen molar-refractivity contribution in [3.8, 4) is 5.75 Å². The second-order valence-electron chi connectivity index (χ2n) is 6.80. The highest BCUT2D eigenvalue weighted by atomic mass is 32.2. The summed E-state index contributed by atoms with van der Waals surface area (Å²) in [7, 11) is 1.55. The maximum absolute atomic E-state index is 12.7. The Balaban J connectivity index is 1.44. The van der Waals surface area contributed by atoms with Gasteiger partial charge in [-0.25, -0.2) is 10.4 Å². The van der Waals surface area contributed by atoms with E-state index in [9.17, 15) is 14.4 Å². The zero-order chi connectivity index (χ0) is 23.4. The van der Waals surface area contributed by atoms with E-state index in [-0.39, 0.29) is 17.6 Å². The zero-order valence-corrected chi connectivity index (χ0v) is 19.3. The normalized spacial score (nSPS) is 14.4. The van der Waals surface area contributed by atoms with Crippen molar-refractivity contribution in [2.24, 2.45) is 5.10 Å². The van der Waals surface area contributed by atoms with Crippen molar-refractivity contribution in [2.45, 2.75) is 6.92 Å². The molecule has 0 aliphatic carbocycles. The summed E-state index contributed by atoms with van der Waals surface area (Å²) in [4.78, 5) is 43.5. The minimum absolute atomic E-state index is 0.114. The van der Waals surface area contributed by atoms with E-state index in [0.717, 1.165) is 11.3 Å². The molecule has 0 saturated carbocycles. The lowest BCUT2D eigenvalue weighted by atomic mass is 10.2. The molecule has 0 spiro atoms. The summed E-state index contributed by atoms with van der Waals surface area (Å²) in [5, 5.41) is 7.52. The van der Waals surface area contributed by atoms with Gasteiger partial charge in [-0.3, -0.25) is 24.6 Å². The number of carbonyl (C=O) groups is 3. The molecular weight excluding hydrogens is 462 g/mol. The van der Waals surface area contributed by atoms with E-state index in [1.54, 1.807) is 50.4 Å². The molecule has 3 amide bonds. The highest BCUT2D eigenvalue weighted by Gasteiger charge is 2.30. The van der Waals surface area contributed by atoms with Gasteiger partial charge in [-0.2, -0.15) is 0 Å². The molecule has 2 N–H and O–H groups in total. The maximum atomic E-state index is 12.7. The molecule has 33 heavy (non-hydrogen) atoms. The van der Waals surface area contributed by atoms with Crippen LogP contribution in [0.25, 0.3) is 0 Å². The Morgan fingerprint density at radius 1 is 1.09 bits per heavy atom. The molecule has 1 aliphatic heterocycles. The molecule has 0 radical (unpaired) electrons. The average molecular weight is 482 g/mol. The fourth-order valence-corrected chi connectivity index (χ4v) is 4.68. The molecule has 1 fully saturated rings. The van der Waals surface area contributed by atoms with Gasteiger partial charge >= 0.3 is 0 Å². The van der Waals surface area contributed by atoms with E-state index in [0.29, 0.717) is 37.9 Å². The van der Waals surface area contributed by atoms with Gasteiger partial charge in [0.2, 0.25) is 5.91 Å². The fourth-order valence-electron chi connectivity index (χ4n) is 3.00. The number of amides is 3. The van der Waals surface area contributed by atoms with Crippen molar-refractivity contribution in [2.75, 3.05) is 23.1 Å². The molecule has 2 aromatic carbocycles. The Morgan fingerprint density at radius 3 is 2.52 bits per heavy atom. The second-order valence-corrected chi connectivity index (χ2v) is 8.75. The van der Waals surface area contributed by atoms with Crippen molar-refractivity contribution in [3.63, 3.8) is 0 Å². The van der Waals surface area contributed by atoms with Crippen LogP contribution in [0.4, 0.5) is 10.8 Å². The van der Waals surface area contributed by atoms with Crippen LogP contribution in [0.15, 0.2) is 59.7 Å². The average Bonchev–Trinajstić information content (AvgIpc) is 3.39. The van der Waals surface area contributed by atoms with Crippen molar-refractivity contribution in [3.05, 3.63) is 70.7 Å². The van der Waals surface area contributed by atoms with E-state index in [4.69, 9.17) is 4.74 Å². The summed E-state index contributed by atoms with van der Waals surface area (Å²) >= 11 is 2.28. The molecule has 1 aromatic heterocycles. The minimum Gasteiger partial charge on any atom is -0.497 e. The highest BCUT2D eigenvalue weighted by molar-refractivity contribution is 8.15. The van der Waals surface area contributed by atoms with Gasteiger partial charge in [0, 0.05) is 5.56 Å². The Hall–Kier alpha value is -3.70. The summed E-state index contributed by atoms with van der Waals surface area (Å²) in [5.41, 5.74) is 4.06. The van der Waals surface area contributed by atoms with Crippen LogP contribution in [-0.4, -0.2) is 40.7 Å². The van der Waals surface area contributed by atoms with Gasteiger partial charge in [-0.1, -0.05) is 41.3 Å². The molecule has 1 aliphatic rings. The lowest BCUT2D eigenvalue weighted by Gasteiger charge is -2.15. The lowest BCUT2D eigenvalue weighted by molar-refractivity contribution is -0.115. The van der Waals surface area contributed by atoms with Gasteiger partial charge in [0.25, 0.3) is 11.8 Å². The van der Waals surface area contributed by atoms with Gasteiger partial charge in [0.15, 0.2) is 10.3 Å². The molecule has 3 aromatic rings. The number of thioether (sulfide) groups is 1. The van der Waals surface area contributed by atoms with Gasteiger partial charge in [0.05, 0.1) is 24.2 Å². The molecule has 1 saturated heterocycles. The third kappa shape index (κ3) is 5.04. The number of nitrogens with one attached hydrogen (secondary N) is 2. The number of methoxy groups -OCH3 is 1. The van der Waals surface area contributed by atoms with E-state index < -0.39 is 5.91 Å². The Kier molecular flexibility index (Phi) is 6.71. The topological polar surface area (TPSA) is 113 Å². The molecule has 0 bridgehead atoms. The number of benzene rings is 2. The van der Waals surface area contributed by atoms with Gasteiger partial charge in [-0.15, -0.1) is 5.10 Å². The summed E-state index contributed by atoms with van der Waals surface area (Å²) in [5.74, 6) is -0.0553. The molecule has 0 unspecified atom stereocenters. The van der Waals surface area contributed by atoms with Crippen LogP contribution in [0, 0.1) is 6.92 Å². The van der Waals surface area contributed by atoms with Crippen LogP contribution in [0.1, 0.15) is 25.7 Å². The molecule has 11 heteroatoms. The second kappa shape index (κ2) is 9.84. The van der Waals surface area contributed by atoms with E-state index in [2.05, 4.69) is 20.8 Å². The molecule has 4 rings (SSSR count). The number of hydrogen-bond donors (Lipinski definition) is 2. The predicted octanol–water partition coefficient (Wildman–Crippen LogP) is 3.49. The van der Waals surface area contributed by atoms with Gasteiger partial charge < -0.3 is 4.74 Å². The van der Waals surface area contributed by atoms with E-state index >= 15 is 0 Å². The molecule has 9 nitrogen and oxygen atoms in total. The number of hydrazone groups is 1. The van der Waals surface area contributed by atoms with Gasteiger partial charge in [0.1, 0.15) is 10.6 Å². The zero-order valence-electron chi connectivity index (χ0n) is 17.7. The first-order chi connectivity index (χ1) is 16.0. The Bertz CT molecular complexity index is 1230. The monoisotopic (exact) mass is 481 g/mol. The summed E-state index contributed by atoms with van der Waals surface area (Å²) < 4.78 is 5.09. The molecular formula is C22H19N5O4S2. The Morgan fingerprint density at radius 2 is 1.82 bits per heavy atom. The first kappa shape index (κ1) is 22.5. The van der Waals surface area contributed by atoms with Crippen LogP contribution >= 0.6 is 23.1 Å². The van der Waals surface area contributed by atoms with E-state index in [1.807, 2.05) is 18.2 Å². The Labute approximate surface area is 197 Å². The first-order valence-corrected chi connectivity index (χ1v) is 11.6. The summed E-state index contributed by atoms with van der Waals surface area (Å²) in [6.45, 7) is 1.67. The number of ether oxygens (including phenoxy) is 1. The largest absolute Gasteiger partial charge is 0.497 e. The van der Waals surface area contributed by atoms with Crippen LogP contribution < -0.4 is 20.4 Å². The first-order valence-electron chi connectivity index (χ1n) is 9.78. The number of aromatic nitrogens is 1. The number of amidine groups is 1. The fraction of sp³-hybridized carbons (Fsp3) is 0.136. The number of nitrogens with zero attached hydrogens (tertiary/aromatic N) is 3. The molecule has 2 heterocycles. The van der Waals surface area contributed by atoms with Crippen LogP contribution in [0.3, 0.4) is 0 Å². The number of anilines is 2. The third-order valence-corrected chi connectivity index (χ3v) is 6.60. The predicted molar refractivity (Wildman–Crippen MR) is 129 cm³/mol. The number of hydrogen-bond acceptors (Lipinski definition) is 8. The number of carbonyl (C=O) groups excluding carboxylic acids is 3. The minimum atomic E-state index is -0.476. The molecule has 168 valence electrons. The number of rotatable bonds is 6. The van der Waals surface area contributed by atoms with Crippen LogP contribution in [-0.2, 0) is 4.79 Å². The smallest absolute Gasteiger partial charge is 0.283 e. The third-order valence-electron chi connectivity index (χ3n) is 4.61. The summed E-state index contributed by atoms with van der Waals surface area (Å²) in [6.07, 6.45) is 0.